The van der Waals surface area contributed by atoms with E-state index in [9.17, 15) is 4.79 Å². The molecule has 5 nitrogen and oxygen atoms in total. The fourth-order valence-electron chi connectivity index (χ4n) is 2.51. The molecule has 1 aromatic carbocycles. The first-order valence-corrected chi connectivity index (χ1v) is 8.00. The van der Waals surface area contributed by atoms with Crippen molar-refractivity contribution in [3.8, 4) is 11.3 Å². The van der Waals surface area contributed by atoms with Crippen LogP contribution in [0.5, 0.6) is 0 Å². The highest BCUT2D eigenvalue weighted by atomic mass is 16.1. The molecule has 0 aliphatic carbocycles. The average molecular weight is 320 g/mol. The van der Waals surface area contributed by atoms with Crippen molar-refractivity contribution in [2.24, 2.45) is 7.05 Å². The lowest BCUT2D eigenvalue weighted by molar-refractivity contribution is 0.796. The summed E-state index contributed by atoms with van der Waals surface area (Å²) in [6.45, 7) is 0.759. The summed E-state index contributed by atoms with van der Waals surface area (Å²) in [6, 6.07) is 15.6. The number of anilines is 1. The van der Waals surface area contributed by atoms with Gasteiger partial charge >= 0.3 is 0 Å². The van der Waals surface area contributed by atoms with Crippen molar-refractivity contribution in [2.45, 2.75) is 12.8 Å². The van der Waals surface area contributed by atoms with Crippen LogP contribution in [-0.2, 0) is 13.5 Å². The normalized spacial score (nSPS) is 10.5. The standard InChI is InChI=1S/C19H20N4O/c1-23-18(24)14-17(16-9-12-20-13-10-16)22-19(23)21-11-5-8-15-6-3-2-4-7-15/h2-4,6-7,9-10,12-14H,5,8,11H2,1H3,(H,21,22). The molecular weight excluding hydrogens is 300 g/mol. The maximum atomic E-state index is 12.2. The van der Waals surface area contributed by atoms with Crippen molar-refractivity contribution >= 4 is 5.95 Å². The largest absolute Gasteiger partial charge is 0.356 e. The summed E-state index contributed by atoms with van der Waals surface area (Å²) in [6.07, 6.45) is 5.36. The lowest BCUT2D eigenvalue weighted by Gasteiger charge is -2.11. The molecule has 5 heteroatoms. The van der Waals surface area contributed by atoms with Crippen LogP contribution in [-0.4, -0.2) is 21.1 Å². The first-order valence-electron chi connectivity index (χ1n) is 8.00. The zero-order valence-corrected chi connectivity index (χ0v) is 13.6. The van der Waals surface area contributed by atoms with Crippen molar-refractivity contribution < 1.29 is 0 Å². The van der Waals surface area contributed by atoms with Gasteiger partial charge in [0.05, 0.1) is 5.69 Å². The van der Waals surface area contributed by atoms with E-state index in [1.54, 1.807) is 25.5 Å². The molecule has 122 valence electrons. The number of aryl methyl sites for hydroxylation is 1. The summed E-state index contributed by atoms with van der Waals surface area (Å²) in [4.78, 5) is 20.7. The molecule has 0 unspecified atom stereocenters. The number of nitrogens with zero attached hydrogens (tertiary/aromatic N) is 3. The molecule has 0 fully saturated rings. The van der Waals surface area contributed by atoms with Gasteiger partial charge in [0.2, 0.25) is 5.95 Å². The maximum Gasteiger partial charge on any atom is 0.255 e. The Morgan fingerprint density at radius 3 is 2.58 bits per heavy atom. The SMILES string of the molecule is Cn1c(NCCCc2ccccc2)nc(-c2ccncc2)cc1=O. The smallest absolute Gasteiger partial charge is 0.255 e. The first-order chi connectivity index (χ1) is 11.7. The van der Waals surface area contributed by atoms with E-state index in [1.807, 2.05) is 30.3 Å². The molecule has 1 N–H and O–H groups in total. The minimum atomic E-state index is -0.0811. The predicted molar refractivity (Wildman–Crippen MR) is 96.0 cm³/mol. The topological polar surface area (TPSA) is 59.8 Å². The molecule has 24 heavy (non-hydrogen) atoms. The van der Waals surface area contributed by atoms with E-state index in [4.69, 9.17) is 0 Å². The number of nitrogens with one attached hydrogen (secondary N) is 1. The molecule has 3 aromatic rings. The molecule has 0 spiro atoms. The van der Waals surface area contributed by atoms with E-state index in [0.717, 1.165) is 24.9 Å². The zero-order valence-electron chi connectivity index (χ0n) is 13.6. The molecule has 0 saturated heterocycles. The molecule has 0 aliphatic rings. The van der Waals surface area contributed by atoms with Crippen LogP contribution >= 0.6 is 0 Å². The van der Waals surface area contributed by atoms with Gasteiger partial charge in [-0.3, -0.25) is 14.3 Å². The Morgan fingerprint density at radius 1 is 1.08 bits per heavy atom. The van der Waals surface area contributed by atoms with E-state index >= 15 is 0 Å². The second-order valence-electron chi connectivity index (χ2n) is 5.61. The second-order valence-corrected chi connectivity index (χ2v) is 5.61. The molecule has 3 rings (SSSR count). The summed E-state index contributed by atoms with van der Waals surface area (Å²) in [5.41, 5.74) is 2.77. The molecule has 0 amide bonds. The van der Waals surface area contributed by atoms with Gasteiger partial charge in [-0.25, -0.2) is 4.98 Å². The van der Waals surface area contributed by atoms with E-state index in [-0.39, 0.29) is 5.56 Å². The van der Waals surface area contributed by atoms with Gasteiger partial charge in [-0.05, 0) is 30.5 Å². The van der Waals surface area contributed by atoms with E-state index < -0.39 is 0 Å². The number of benzene rings is 1. The molecule has 0 atom stereocenters. The van der Waals surface area contributed by atoms with Crippen LogP contribution in [0.25, 0.3) is 11.3 Å². The van der Waals surface area contributed by atoms with Gasteiger partial charge in [0.1, 0.15) is 0 Å². The first kappa shape index (κ1) is 15.9. The summed E-state index contributed by atoms with van der Waals surface area (Å²) in [7, 11) is 1.73. The van der Waals surface area contributed by atoms with Gasteiger partial charge in [-0.15, -0.1) is 0 Å². The van der Waals surface area contributed by atoms with Crippen molar-refractivity contribution in [2.75, 3.05) is 11.9 Å². The third kappa shape index (κ3) is 3.87. The molecule has 2 aromatic heterocycles. The van der Waals surface area contributed by atoms with Crippen LogP contribution in [0.2, 0.25) is 0 Å². The van der Waals surface area contributed by atoms with Gasteiger partial charge in [-0.1, -0.05) is 30.3 Å². The highest BCUT2D eigenvalue weighted by molar-refractivity contribution is 5.59. The van der Waals surface area contributed by atoms with Crippen molar-refractivity contribution in [3.63, 3.8) is 0 Å². The van der Waals surface area contributed by atoms with Gasteiger partial charge in [0.25, 0.3) is 5.56 Å². The summed E-state index contributed by atoms with van der Waals surface area (Å²) < 4.78 is 1.53. The third-order valence-corrected chi connectivity index (χ3v) is 3.88. The van der Waals surface area contributed by atoms with Crippen LogP contribution in [0.4, 0.5) is 5.95 Å². The lowest BCUT2D eigenvalue weighted by atomic mass is 10.1. The Labute approximate surface area is 141 Å². The van der Waals surface area contributed by atoms with Crippen molar-refractivity contribution in [1.29, 1.82) is 0 Å². The third-order valence-electron chi connectivity index (χ3n) is 3.88. The van der Waals surface area contributed by atoms with E-state index in [1.165, 1.54) is 10.1 Å². The second kappa shape index (κ2) is 7.55. The van der Waals surface area contributed by atoms with Gasteiger partial charge in [0, 0.05) is 37.6 Å². The van der Waals surface area contributed by atoms with Crippen LogP contribution in [0, 0.1) is 0 Å². The highest BCUT2D eigenvalue weighted by Gasteiger charge is 2.07. The van der Waals surface area contributed by atoms with E-state index in [2.05, 4.69) is 27.4 Å². The van der Waals surface area contributed by atoms with E-state index in [0.29, 0.717) is 11.6 Å². The Bertz CT molecular complexity index is 844. The molecule has 0 bridgehead atoms. The quantitative estimate of drug-likeness (QED) is 0.710. The molecule has 0 saturated carbocycles. The number of rotatable bonds is 6. The number of hydrogen-bond acceptors (Lipinski definition) is 4. The maximum absolute atomic E-state index is 12.2. The Morgan fingerprint density at radius 2 is 1.83 bits per heavy atom. The van der Waals surface area contributed by atoms with Crippen LogP contribution in [0.1, 0.15) is 12.0 Å². The van der Waals surface area contributed by atoms with Crippen molar-refractivity contribution in [3.05, 3.63) is 76.8 Å². The average Bonchev–Trinajstić information content (AvgIpc) is 2.63. The minimum Gasteiger partial charge on any atom is -0.356 e. The summed E-state index contributed by atoms with van der Waals surface area (Å²) in [5, 5.41) is 3.27. The number of aromatic nitrogens is 3. The summed E-state index contributed by atoms with van der Waals surface area (Å²) >= 11 is 0. The zero-order chi connectivity index (χ0) is 16.8. The fourth-order valence-corrected chi connectivity index (χ4v) is 2.51. The molecular formula is C19H20N4O. The lowest BCUT2D eigenvalue weighted by Crippen LogP contribution is -2.22. The Hall–Kier alpha value is -2.95. The van der Waals surface area contributed by atoms with Gasteiger partial charge in [-0.2, -0.15) is 0 Å². The van der Waals surface area contributed by atoms with Crippen molar-refractivity contribution in [1.82, 2.24) is 14.5 Å². The Balaban J connectivity index is 1.69. The number of hydrogen-bond donors (Lipinski definition) is 1. The molecule has 0 radical (unpaired) electrons. The minimum absolute atomic E-state index is 0.0811. The molecule has 2 heterocycles. The predicted octanol–water partition coefficient (Wildman–Crippen LogP) is 2.89. The van der Waals surface area contributed by atoms with Crippen LogP contribution < -0.4 is 10.9 Å². The van der Waals surface area contributed by atoms with Crippen LogP contribution in [0.3, 0.4) is 0 Å². The summed E-state index contributed by atoms with van der Waals surface area (Å²) in [5.74, 6) is 0.586. The van der Waals surface area contributed by atoms with Crippen LogP contribution in [0.15, 0.2) is 65.7 Å². The highest BCUT2D eigenvalue weighted by Crippen LogP contribution is 2.15. The van der Waals surface area contributed by atoms with Gasteiger partial charge in [0.15, 0.2) is 0 Å². The van der Waals surface area contributed by atoms with Gasteiger partial charge < -0.3 is 5.32 Å². The molecule has 0 aliphatic heterocycles. The Kier molecular flexibility index (Phi) is 5.01. The monoisotopic (exact) mass is 320 g/mol. The number of pyridine rings is 1. The fraction of sp³-hybridized carbons (Fsp3) is 0.211.